The summed E-state index contributed by atoms with van der Waals surface area (Å²) in [7, 11) is 0. The lowest BCUT2D eigenvalue weighted by Gasteiger charge is -2.37. The molecule has 0 spiro atoms. The number of hydrogen-bond donors (Lipinski definition) is 0. The molecule has 146 valence electrons. The second-order valence-electron chi connectivity index (χ2n) is 9.59. The van der Waals surface area contributed by atoms with Crippen LogP contribution in [-0.4, -0.2) is 10.9 Å². The van der Waals surface area contributed by atoms with Crippen molar-refractivity contribution in [2.75, 3.05) is 0 Å². The third-order valence-corrected chi connectivity index (χ3v) is 6.83. The molecule has 0 fully saturated rings. The summed E-state index contributed by atoms with van der Waals surface area (Å²) < 4.78 is 0. The Morgan fingerprint density at radius 1 is 0.655 bits per heavy atom. The van der Waals surface area contributed by atoms with Crippen molar-refractivity contribution in [2.45, 2.75) is 46.8 Å². The third kappa shape index (κ3) is 3.05. The molecule has 1 aliphatic heterocycles. The average molecular weight is 380 g/mol. The Kier molecular flexibility index (Phi) is 4.26. The van der Waals surface area contributed by atoms with Gasteiger partial charge in [0, 0.05) is 19.1 Å². The summed E-state index contributed by atoms with van der Waals surface area (Å²) >= 11 is 0. The largest absolute Gasteiger partial charge is 0.292 e. The number of nitrogens with zero attached hydrogens (tertiary/aromatic N) is 1. The Hall–Kier alpha value is -2.64. The molecule has 1 aliphatic rings. The number of fused-ring (bicyclic) bond motifs is 7. The quantitative estimate of drug-likeness (QED) is 0.333. The molecule has 0 N–H and O–H groups in total. The molecule has 0 amide bonds. The predicted molar refractivity (Wildman–Crippen MR) is 125 cm³/mol. The van der Waals surface area contributed by atoms with Crippen molar-refractivity contribution in [3.63, 3.8) is 0 Å². The summed E-state index contributed by atoms with van der Waals surface area (Å²) in [4.78, 5) is 2.66. The van der Waals surface area contributed by atoms with Gasteiger partial charge in [-0.05, 0) is 56.1 Å². The minimum atomic E-state index is 0.234. The van der Waals surface area contributed by atoms with Crippen LogP contribution >= 0.6 is 0 Å². The van der Waals surface area contributed by atoms with E-state index >= 15 is 0 Å². The van der Waals surface area contributed by atoms with Crippen LogP contribution in [0.3, 0.4) is 0 Å². The molecule has 0 radical (unpaired) electrons. The highest BCUT2D eigenvalue weighted by atomic mass is 15.2. The number of rotatable bonds is 1. The van der Waals surface area contributed by atoms with Crippen molar-refractivity contribution in [1.82, 2.24) is 4.90 Å². The zero-order valence-electron chi connectivity index (χ0n) is 17.9. The van der Waals surface area contributed by atoms with E-state index in [1.807, 2.05) is 0 Å². The van der Waals surface area contributed by atoms with E-state index in [1.54, 1.807) is 0 Å². The summed E-state index contributed by atoms with van der Waals surface area (Å²) in [5, 5.41) is 5.38. The maximum atomic E-state index is 2.66. The van der Waals surface area contributed by atoms with Gasteiger partial charge in [-0.25, -0.2) is 0 Å². The van der Waals surface area contributed by atoms with E-state index in [2.05, 4.69) is 105 Å². The zero-order chi connectivity index (χ0) is 20.2. The molecule has 4 aromatic carbocycles. The maximum absolute atomic E-state index is 2.66. The summed E-state index contributed by atoms with van der Waals surface area (Å²) in [6.07, 6.45) is 0. The predicted octanol–water partition coefficient (Wildman–Crippen LogP) is 7.41. The Morgan fingerprint density at radius 3 is 1.55 bits per heavy atom. The van der Waals surface area contributed by atoms with Gasteiger partial charge in [-0.15, -0.1) is 0 Å². The highest BCUT2D eigenvalue weighted by Gasteiger charge is 2.30. The maximum Gasteiger partial charge on any atom is 0.0246 e. The monoisotopic (exact) mass is 379 g/mol. The Balaban J connectivity index is 1.86. The van der Waals surface area contributed by atoms with E-state index in [0.29, 0.717) is 6.04 Å². The van der Waals surface area contributed by atoms with Gasteiger partial charge in [0.25, 0.3) is 0 Å². The van der Waals surface area contributed by atoms with Crippen molar-refractivity contribution in [2.24, 2.45) is 5.41 Å². The Bertz CT molecular complexity index is 1120. The molecule has 0 bridgehead atoms. The Labute approximate surface area is 174 Å². The molecule has 0 aliphatic carbocycles. The van der Waals surface area contributed by atoms with Crippen LogP contribution in [0.25, 0.3) is 32.7 Å². The second kappa shape index (κ2) is 6.71. The molecule has 1 heteroatoms. The van der Waals surface area contributed by atoms with Crippen LogP contribution < -0.4 is 0 Å². The van der Waals surface area contributed by atoms with Gasteiger partial charge in [-0.1, -0.05) is 93.6 Å². The lowest BCUT2D eigenvalue weighted by Crippen LogP contribution is -2.40. The topological polar surface area (TPSA) is 3.24 Å². The summed E-state index contributed by atoms with van der Waals surface area (Å²) in [5.74, 6) is 0. The van der Waals surface area contributed by atoms with Crippen LogP contribution in [0, 0.1) is 5.41 Å². The van der Waals surface area contributed by atoms with Gasteiger partial charge in [-0.3, -0.25) is 4.90 Å². The first-order chi connectivity index (χ1) is 13.9. The van der Waals surface area contributed by atoms with Gasteiger partial charge in [0.05, 0.1) is 0 Å². The van der Waals surface area contributed by atoms with Crippen LogP contribution in [-0.2, 0) is 13.1 Å². The molecule has 4 aromatic rings. The molecule has 1 atom stereocenters. The average Bonchev–Trinajstić information content (AvgIpc) is 2.89. The summed E-state index contributed by atoms with van der Waals surface area (Å²) in [5.41, 5.74) is 5.97. The first-order valence-electron chi connectivity index (χ1n) is 10.7. The van der Waals surface area contributed by atoms with Gasteiger partial charge in [0.2, 0.25) is 0 Å². The van der Waals surface area contributed by atoms with Gasteiger partial charge in [0.15, 0.2) is 0 Å². The van der Waals surface area contributed by atoms with Gasteiger partial charge >= 0.3 is 0 Å². The van der Waals surface area contributed by atoms with Crippen molar-refractivity contribution >= 4 is 21.5 Å². The Morgan fingerprint density at radius 2 is 1.10 bits per heavy atom. The molecule has 0 saturated carbocycles. The molecule has 0 aromatic heterocycles. The number of hydrogen-bond acceptors (Lipinski definition) is 1. The van der Waals surface area contributed by atoms with Gasteiger partial charge in [0.1, 0.15) is 0 Å². The fourth-order valence-electron chi connectivity index (χ4n) is 4.80. The van der Waals surface area contributed by atoms with Gasteiger partial charge in [-0.2, -0.15) is 0 Å². The summed E-state index contributed by atoms with van der Waals surface area (Å²) in [6, 6.07) is 27.5. The van der Waals surface area contributed by atoms with Crippen LogP contribution in [0.1, 0.15) is 38.8 Å². The van der Waals surface area contributed by atoms with E-state index < -0.39 is 0 Å². The molecule has 29 heavy (non-hydrogen) atoms. The van der Waals surface area contributed by atoms with Crippen LogP contribution in [0.5, 0.6) is 0 Å². The van der Waals surface area contributed by atoms with E-state index in [0.717, 1.165) is 13.1 Å². The summed E-state index contributed by atoms with van der Waals surface area (Å²) in [6.45, 7) is 11.4. The first-order valence-corrected chi connectivity index (χ1v) is 10.7. The minimum absolute atomic E-state index is 0.234. The minimum Gasteiger partial charge on any atom is -0.292 e. The molecule has 0 saturated heterocycles. The van der Waals surface area contributed by atoms with E-state index in [9.17, 15) is 0 Å². The molecular formula is C28H29N. The number of benzene rings is 4. The lowest BCUT2D eigenvalue weighted by molar-refractivity contribution is 0.0994. The standard InChI is InChI=1S/C28H29N/c1-19(28(2,3)4)29-17-22-15-13-20-9-5-7-11-24(20)26(22)27-23(18-29)16-14-21-10-6-8-12-25(21)27/h5-16,19H,17-18H2,1-4H3/t19-/m0/s1. The van der Waals surface area contributed by atoms with Crippen molar-refractivity contribution in [1.29, 1.82) is 0 Å². The normalized spacial score (nSPS) is 15.7. The molecule has 5 rings (SSSR count). The smallest absolute Gasteiger partial charge is 0.0246 e. The van der Waals surface area contributed by atoms with Crippen LogP contribution in [0.2, 0.25) is 0 Å². The van der Waals surface area contributed by atoms with Crippen molar-refractivity contribution in [3.8, 4) is 11.1 Å². The van der Waals surface area contributed by atoms with Crippen LogP contribution in [0.15, 0.2) is 72.8 Å². The molecule has 0 unspecified atom stereocenters. The van der Waals surface area contributed by atoms with Crippen molar-refractivity contribution < 1.29 is 0 Å². The molecule has 1 heterocycles. The lowest BCUT2D eigenvalue weighted by atomic mass is 9.86. The molecule has 1 nitrogen and oxygen atoms in total. The highest BCUT2D eigenvalue weighted by molar-refractivity contribution is 6.08. The van der Waals surface area contributed by atoms with E-state index in [-0.39, 0.29) is 5.41 Å². The first kappa shape index (κ1) is 18.4. The second-order valence-corrected chi connectivity index (χ2v) is 9.59. The SMILES string of the molecule is C[C@H](N1Cc2ccc3ccccc3c2-c2c(ccc3ccccc23)C1)C(C)(C)C. The van der Waals surface area contributed by atoms with Gasteiger partial charge < -0.3 is 0 Å². The van der Waals surface area contributed by atoms with Crippen LogP contribution in [0.4, 0.5) is 0 Å². The third-order valence-electron chi connectivity index (χ3n) is 6.83. The van der Waals surface area contributed by atoms with E-state index in [1.165, 1.54) is 43.8 Å². The fraction of sp³-hybridized carbons (Fsp3) is 0.286. The van der Waals surface area contributed by atoms with E-state index in [4.69, 9.17) is 0 Å². The fourth-order valence-corrected chi connectivity index (χ4v) is 4.80. The molecular weight excluding hydrogens is 350 g/mol. The van der Waals surface area contributed by atoms with Crippen molar-refractivity contribution in [3.05, 3.63) is 83.9 Å². The zero-order valence-corrected chi connectivity index (χ0v) is 17.9. The highest BCUT2D eigenvalue weighted by Crippen LogP contribution is 2.43.